The lowest BCUT2D eigenvalue weighted by atomic mass is 10.2. The minimum Gasteiger partial charge on any atom is -0.384 e. The Kier molecular flexibility index (Phi) is 3.76. The quantitative estimate of drug-likeness (QED) is 0.796. The van der Waals surface area contributed by atoms with E-state index in [0.29, 0.717) is 10.6 Å². The average Bonchev–Trinajstić information content (AvgIpc) is 3.16. The monoisotopic (exact) mass is 318 g/mol. The van der Waals surface area contributed by atoms with Crippen LogP contribution in [-0.2, 0) is 0 Å². The molecule has 0 saturated carbocycles. The van der Waals surface area contributed by atoms with Gasteiger partial charge in [-0.1, -0.05) is 0 Å². The first kappa shape index (κ1) is 14.5. The lowest BCUT2D eigenvalue weighted by molar-refractivity contribution is -0.588. The number of anilines is 1. The number of nitrogens with two attached hydrogens (primary N) is 2. The summed E-state index contributed by atoms with van der Waals surface area (Å²) in [7, 11) is 0. The molecule has 114 valence electrons. The van der Waals surface area contributed by atoms with Crippen LogP contribution in [0.4, 0.5) is 5.00 Å². The molecule has 1 aromatic carbocycles. The highest BCUT2D eigenvalue weighted by Gasteiger charge is 2.29. The van der Waals surface area contributed by atoms with E-state index in [4.69, 9.17) is 11.5 Å². The number of aromatic nitrogens is 2. The fourth-order valence-corrected chi connectivity index (χ4v) is 3.13. The van der Waals surface area contributed by atoms with Crippen LogP contribution in [0.25, 0.3) is 5.69 Å². The first-order chi connectivity index (χ1) is 10.6. The zero-order valence-corrected chi connectivity index (χ0v) is 12.7. The topological polar surface area (TPSA) is 106 Å². The summed E-state index contributed by atoms with van der Waals surface area (Å²) in [4.78, 5) is 25.2. The molecule has 3 rings (SSSR count). The Hall–Kier alpha value is -2.48. The van der Waals surface area contributed by atoms with Crippen molar-refractivity contribution in [3.8, 4) is 5.69 Å². The molecule has 1 aromatic heterocycles. The van der Waals surface area contributed by atoms with Gasteiger partial charge in [0.2, 0.25) is 11.6 Å². The number of carbonyl (C=O) groups is 2. The molecule has 0 bridgehead atoms. The van der Waals surface area contributed by atoms with Gasteiger partial charge >= 0.3 is 0 Å². The van der Waals surface area contributed by atoms with E-state index >= 15 is 0 Å². The SMILES string of the molecule is NC(=O)c1ccc(-[n+]2nc(C(=O)N3CCCC3)c(N)s2)cc1. The van der Waals surface area contributed by atoms with Crippen molar-refractivity contribution in [1.29, 1.82) is 0 Å². The molecule has 0 aliphatic carbocycles. The van der Waals surface area contributed by atoms with Gasteiger partial charge < -0.3 is 16.4 Å². The van der Waals surface area contributed by atoms with E-state index in [9.17, 15) is 9.59 Å². The fraction of sp³-hybridized carbons (Fsp3) is 0.286. The Morgan fingerprint density at radius 2 is 1.82 bits per heavy atom. The molecule has 1 aliphatic rings. The Morgan fingerprint density at radius 1 is 1.18 bits per heavy atom. The van der Waals surface area contributed by atoms with Crippen molar-refractivity contribution in [3.05, 3.63) is 35.5 Å². The number of nitrogen functional groups attached to an aromatic ring is 1. The molecule has 8 heteroatoms. The second-order valence-corrected chi connectivity index (χ2v) is 6.06. The summed E-state index contributed by atoms with van der Waals surface area (Å²) in [5.74, 6) is -0.612. The van der Waals surface area contributed by atoms with Crippen LogP contribution in [0, 0.1) is 0 Å². The van der Waals surface area contributed by atoms with E-state index in [1.807, 2.05) is 0 Å². The number of primary amides is 1. The first-order valence-corrected chi connectivity index (χ1v) is 7.72. The molecular weight excluding hydrogens is 302 g/mol. The summed E-state index contributed by atoms with van der Waals surface area (Å²) >= 11 is 1.19. The van der Waals surface area contributed by atoms with Gasteiger partial charge in [-0.25, -0.2) is 0 Å². The maximum Gasteiger partial charge on any atom is 0.282 e. The highest BCUT2D eigenvalue weighted by atomic mass is 32.1. The minimum atomic E-state index is -0.486. The summed E-state index contributed by atoms with van der Waals surface area (Å²) in [5, 5.41) is 4.69. The smallest absolute Gasteiger partial charge is 0.282 e. The highest BCUT2D eigenvalue weighted by Crippen LogP contribution is 2.18. The Balaban J connectivity index is 1.88. The van der Waals surface area contributed by atoms with Crippen molar-refractivity contribution >= 4 is 28.3 Å². The molecule has 1 saturated heterocycles. The van der Waals surface area contributed by atoms with Gasteiger partial charge in [0.1, 0.15) is 0 Å². The number of hydrogen-bond acceptors (Lipinski definition) is 5. The van der Waals surface area contributed by atoms with Gasteiger partial charge in [-0.15, -0.1) is 0 Å². The summed E-state index contributed by atoms with van der Waals surface area (Å²) in [5.41, 5.74) is 12.6. The average molecular weight is 318 g/mol. The second kappa shape index (κ2) is 5.72. The standard InChI is InChI=1S/C14H15N5O2S/c15-12(20)9-3-5-10(6-4-9)19-17-11(13(16)22-19)14(21)18-7-1-2-8-18/h3-6,16H,1-2,7-8H2,(H2,15,20)/p+1. The van der Waals surface area contributed by atoms with Crippen LogP contribution >= 0.6 is 11.5 Å². The predicted octanol–water partition coefficient (Wildman–Crippen LogP) is 0.337. The van der Waals surface area contributed by atoms with Gasteiger partial charge in [-0.2, -0.15) is 0 Å². The number of benzene rings is 1. The molecule has 22 heavy (non-hydrogen) atoms. The molecule has 7 nitrogen and oxygen atoms in total. The lowest BCUT2D eigenvalue weighted by Gasteiger charge is -2.11. The van der Waals surface area contributed by atoms with Crippen molar-refractivity contribution in [2.45, 2.75) is 12.8 Å². The van der Waals surface area contributed by atoms with Crippen molar-refractivity contribution in [2.75, 3.05) is 18.8 Å². The largest absolute Gasteiger partial charge is 0.384 e. The summed E-state index contributed by atoms with van der Waals surface area (Å²) < 4.78 is 1.57. The zero-order valence-electron chi connectivity index (χ0n) is 11.9. The number of likely N-dealkylation sites (tertiary alicyclic amines) is 1. The van der Waals surface area contributed by atoms with E-state index in [1.165, 1.54) is 11.5 Å². The van der Waals surface area contributed by atoms with Crippen LogP contribution in [0.1, 0.15) is 33.7 Å². The number of carbonyl (C=O) groups excluding carboxylic acids is 2. The van der Waals surface area contributed by atoms with Crippen molar-refractivity contribution in [2.24, 2.45) is 5.73 Å². The van der Waals surface area contributed by atoms with Crippen LogP contribution in [0.5, 0.6) is 0 Å². The Morgan fingerprint density at radius 3 is 2.41 bits per heavy atom. The van der Waals surface area contributed by atoms with Crippen LogP contribution in [-0.4, -0.2) is 34.9 Å². The van der Waals surface area contributed by atoms with Crippen LogP contribution in [0.2, 0.25) is 0 Å². The van der Waals surface area contributed by atoms with Gasteiger partial charge in [0.25, 0.3) is 11.6 Å². The maximum absolute atomic E-state index is 12.4. The summed E-state index contributed by atoms with van der Waals surface area (Å²) in [6.45, 7) is 1.51. The van der Waals surface area contributed by atoms with Gasteiger partial charge in [0.05, 0.1) is 0 Å². The minimum absolute atomic E-state index is 0.126. The van der Waals surface area contributed by atoms with Crippen LogP contribution < -0.4 is 15.5 Å². The normalized spacial score (nSPS) is 14.3. The second-order valence-electron chi connectivity index (χ2n) is 5.09. The Bertz CT molecular complexity index is 719. The molecule has 1 fully saturated rings. The van der Waals surface area contributed by atoms with Crippen molar-refractivity contribution in [1.82, 2.24) is 10.00 Å². The predicted molar refractivity (Wildman–Crippen MR) is 81.7 cm³/mol. The molecule has 0 atom stereocenters. The zero-order chi connectivity index (χ0) is 15.7. The van der Waals surface area contributed by atoms with Gasteiger partial charge in [-0.05, 0) is 25.0 Å². The lowest BCUT2D eigenvalue weighted by Crippen LogP contribution is -2.33. The van der Waals surface area contributed by atoms with E-state index in [-0.39, 0.29) is 11.6 Å². The first-order valence-electron chi connectivity index (χ1n) is 6.95. The molecule has 2 heterocycles. The molecular formula is C14H16N5O2S+. The third-order valence-corrected chi connectivity index (χ3v) is 4.43. The van der Waals surface area contributed by atoms with Gasteiger partial charge in [0, 0.05) is 40.0 Å². The summed E-state index contributed by atoms with van der Waals surface area (Å²) in [6, 6.07) is 6.66. The molecule has 2 aromatic rings. The molecule has 2 amide bonds. The van der Waals surface area contributed by atoms with E-state index < -0.39 is 5.91 Å². The number of rotatable bonds is 3. The molecule has 1 aliphatic heterocycles. The summed E-state index contributed by atoms with van der Waals surface area (Å²) in [6.07, 6.45) is 2.04. The Labute approximate surface area is 131 Å². The highest BCUT2D eigenvalue weighted by molar-refractivity contribution is 7.06. The van der Waals surface area contributed by atoms with Crippen molar-refractivity contribution < 1.29 is 13.7 Å². The van der Waals surface area contributed by atoms with Crippen LogP contribution in [0.15, 0.2) is 24.3 Å². The van der Waals surface area contributed by atoms with E-state index in [0.717, 1.165) is 31.6 Å². The van der Waals surface area contributed by atoms with Crippen LogP contribution in [0.3, 0.4) is 0 Å². The fourth-order valence-electron chi connectivity index (χ4n) is 2.38. The van der Waals surface area contributed by atoms with Gasteiger partial charge in [0.15, 0.2) is 16.5 Å². The number of amides is 2. The third-order valence-electron chi connectivity index (χ3n) is 3.58. The molecule has 4 N–H and O–H groups in total. The molecule has 0 spiro atoms. The van der Waals surface area contributed by atoms with Gasteiger partial charge in [-0.3, -0.25) is 9.59 Å². The van der Waals surface area contributed by atoms with E-state index in [1.54, 1.807) is 33.2 Å². The maximum atomic E-state index is 12.4. The van der Waals surface area contributed by atoms with Crippen molar-refractivity contribution in [3.63, 3.8) is 0 Å². The third kappa shape index (κ3) is 2.64. The number of hydrogen-bond donors (Lipinski definition) is 2. The molecule has 0 radical (unpaired) electrons. The molecule has 0 unspecified atom stereocenters. The number of nitrogens with zero attached hydrogens (tertiary/aromatic N) is 3. The van der Waals surface area contributed by atoms with E-state index in [2.05, 4.69) is 5.10 Å².